The second kappa shape index (κ2) is 6.71. The van der Waals surface area contributed by atoms with Crippen molar-refractivity contribution in [3.8, 4) is 5.75 Å². The molecule has 24 heavy (non-hydrogen) atoms. The maximum atomic E-state index is 9.39. The van der Waals surface area contributed by atoms with Gasteiger partial charge in [0.05, 0.1) is 11.6 Å². The van der Waals surface area contributed by atoms with Crippen molar-refractivity contribution in [3.63, 3.8) is 0 Å². The Labute approximate surface area is 142 Å². The number of fused-ring (bicyclic) bond motifs is 1. The largest absolute Gasteiger partial charge is 0.508 e. The topological polar surface area (TPSA) is 38.8 Å². The van der Waals surface area contributed by atoms with Crippen LogP contribution in [0.3, 0.4) is 0 Å². The predicted octanol–water partition coefficient (Wildman–Crippen LogP) is 3.90. The van der Waals surface area contributed by atoms with E-state index in [4.69, 9.17) is 0 Å². The van der Waals surface area contributed by atoms with Gasteiger partial charge in [-0.3, -0.25) is 5.01 Å². The van der Waals surface area contributed by atoms with Gasteiger partial charge in [-0.15, -0.1) is 0 Å². The number of rotatable bonds is 5. The second-order valence-electron chi connectivity index (χ2n) is 5.89. The number of para-hydroxylation sites is 1. The van der Waals surface area contributed by atoms with Gasteiger partial charge in [0.2, 0.25) is 11.4 Å². The molecule has 0 bridgehead atoms. The van der Waals surface area contributed by atoms with E-state index in [0.29, 0.717) is 0 Å². The van der Waals surface area contributed by atoms with Crippen LogP contribution in [0, 0.1) is 0 Å². The van der Waals surface area contributed by atoms with Gasteiger partial charge in [-0.05, 0) is 37.3 Å². The maximum Gasteiger partial charge on any atom is 0.209 e. The van der Waals surface area contributed by atoms with Crippen LogP contribution in [0.25, 0.3) is 0 Å². The number of hydrogen-bond donors (Lipinski definition) is 1. The normalized spacial score (nSPS) is 16.5. The van der Waals surface area contributed by atoms with Crippen molar-refractivity contribution in [2.75, 3.05) is 18.6 Å². The molecule has 3 rings (SSSR count). The smallest absolute Gasteiger partial charge is 0.209 e. The highest BCUT2D eigenvalue weighted by molar-refractivity contribution is 6.32. The summed E-state index contributed by atoms with van der Waals surface area (Å²) in [6, 6.07) is 15.4. The zero-order valence-electron chi connectivity index (χ0n) is 14.1. The number of phenolic OH excluding ortho intramolecular Hbond substituents is 1. The lowest BCUT2D eigenvalue weighted by Crippen LogP contribution is -2.19. The van der Waals surface area contributed by atoms with Crippen LogP contribution in [0.2, 0.25) is 0 Å². The summed E-state index contributed by atoms with van der Waals surface area (Å²) >= 11 is 0. The fourth-order valence-electron chi connectivity index (χ4n) is 3.03. The van der Waals surface area contributed by atoms with E-state index in [1.165, 1.54) is 11.3 Å². The fraction of sp³-hybridized carbons (Fsp3) is 0.200. The molecular formula is C20H22N3O+. The Kier molecular flexibility index (Phi) is 4.47. The molecule has 1 unspecified atom stereocenters. The molecule has 1 N–H and O–H groups in total. The second-order valence-corrected chi connectivity index (χ2v) is 5.89. The number of aromatic hydroxyl groups is 1. The Morgan fingerprint density at radius 3 is 2.62 bits per heavy atom. The molecule has 1 atom stereocenters. The molecule has 2 aromatic carbocycles. The molecular weight excluding hydrogens is 298 g/mol. The summed E-state index contributed by atoms with van der Waals surface area (Å²) in [4.78, 5) is 0. The van der Waals surface area contributed by atoms with E-state index >= 15 is 0 Å². The van der Waals surface area contributed by atoms with Gasteiger partial charge in [0.25, 0.3) is 0 Å². The summed E-state index contributed by atoms with van der Waals surface area (Å²) < 4.78 is 2.25. The summed E-state index contributed by atoms with van der Waals surface area (Å²) in [5.74, 6) is 0.542. The Bertz CT molecular complexity index is 806. The zero-order valence-corrected chi connectivity index (χ0v) is 14.1. The third kappa shape index (κ3) is 2.95. The van der Waals surface area contributed by atoms with Gasteiger partial charge in [0.15, 0.2) is 6.54 Å². The van der Waals surface area contributed by atoms with Crippen LogP contribution >= 0.6 is 0 Å². The molecule has 122 valence electrons. The third-order valence-electron chi connectivity index (χ3n) is 4.35. The first-order valence-electron chi connectivity index (χ1n) is 8.02. The number of hydrazone groups is 1. The lowest BCUT2D eigenvalue weighted by Gasteiger charge is -2.12. The van der Waals surface area contributed by atoms with Crippen molar-refractivity contribution in [1.82, 2.24) is 0 Å². The van der Waals surface area contributed by atoms with E-state index in [1.807, 2.05) is 31.5 Å². The van der Waals surface area contributed by atoms with Crippen LogP contribution in [0.4, 0.5) is 11.4 Å². The zero-order chi connectivity index (χ0) is 17.1. The van der Waals surface area contributed by atoms with E-state index in [9.17, 15) is 5.11 Å². The van der Waals surface area contributed by atoms with Gasteiger partial charge in [0.1, 0.15) is 12.0 Å². The molecule has 0 aromatic heterocycles. The molecule has 1 heterocycles. The molecule has 4 nitrogen and oxygen atoms in total. The maximum absolute atomic E-state index is 9.39. The van der Waals surface area contributed by atoms with E-state index in [-0.39, 0.29) is 11.7 Å². The van der Waals surface area contributed by atoms with Crippen LogP contribution in [-0.4, -0.2) is 35.2 Å². The predicted molar refractivity (Wildman–Crippen MR) is 99.9 cm³/mol. The summed E-state index contributed by atoms with van der Waals surface area (Å²) in [7, 11) is 1.90. The van der Waals surface area contributed by atoms with Gasteiger partial charge in [-0.2, -0.15) is 9.68 Å². The van der Waals surface area contributed by atoms with Crippen molar-refractivity contribution in [2.24, 2.45) is 5.10 Å². The molecule has 0 fully saturated rings. The molecule has 4 heteroatoms. The molecule has 0 amide bonds. The lowest BCUT2D eigenvalue weighted by atomic mass is 9.99. The van der Waals surface area contributed by atoms with Gasteiger partial charge in [-0.1, -0.05) is 24.8 Å². The van der Waals surface area contributed by atoms with E-state index in [0.717, 1.165) is 17.9 Å². The third-order valence-corrected chi connectivity index (χ3v) is 4.35. The SMILES string of the molecule is C=CC[N+]1=C(/C=N/N(C)c2ccc(O)cc2)C(C)c2ccccc21. The highest BCUT2D eigenvalue weighted by Crippen LogP contribution is 2.34. The highest BCUT2D eigenvalue weighted by Gasteiger charge is 2.34. The highest BCUT2D eigenvalue weighted by atomic mass is 16.3. The van der Waals surface area contributed by atoms with Crippen molar-refractivity contribution in [1.29, 1.82) is 0 Å². The monoisotopic (exact) mass is 320 g/mol. The average Bonchev–Trinajstić information content (AvgIpc) is 2.86. The van der Waals surface area contributed by atoms with E-state index in [2.05, 4.69) is 47.4 Å². The summed E-state index contributed by atoms with van der Waals surface area (Å²) in [6.07, 6.45) is 3.83. The molecule has 0 aliphatic carbocycles. The van der Waals surface area contributed by atoms with Crippen LogP contribution in [-0.2, 0) is 0 Å². The summed E-state index contributed by atoms with van der Waals surface area (Å²) in [5, 5.41) is 15.8. The van der Waals surface area contributed by atoms with Gasteiger partial charge >= 0.3 is 0 Å². The Morgan fingerprint density at radius 1 is 1.21 bits per heavy atom. The van der Waals surface area contributed by atoms with E-state index < -0.39 is 0 Å². The standard InChI is InChI=1S/C20H21N3O/c1-4-13-23-19-8-6-5-7-18(19)15(2)20(23)14-21-22(3)16-9-11-17(24)12-10-16/h4-12,14-15H,1,13H2,2-3H3/p+1. The van der Waals surface area contributed by atoms with Gasteiger partial charge < -0.3 is 5.11 Å². The van der Waals surface area contributed by atoms with Gasteiger partial charge in [-0.25, -0.2) is 0 Å². The van der Waals surface area contributed by atoms with Crippen LogP contribution in [0.1, 0.15) is 18.4 Å². The number of phenols is 1. The Balaban J connectivity index is 1.91. The molecule has 0 spiro atoms. The molecule has 0 radical (unpaired) electrons. The Morgan fingerprint density at radius 2 is 1.92 bits per heavy atom. The first kappa shape index (κ1) is 16.0. The fourth-order valence-corrected chi connectivity index (χ4v) is 3.03. The molecule has 0 saturated carbocycles. The first-order valence-corrected chi connectivity index (χ1v) is 8.02. The van der Waals surface area contributed by atoms with Crippen LogP contribution in [0.5, 0.6) is 5.75 Å². The van der Waals surface area contributed by atoms with Crippen molar-refractivity contribution in [2.45, 2.75) is 12.8 Å². The lowest BCUT2D eigenvalue weighted by molar-refractivity contribution is -0.423. The summed E-state index contributed by atoms with van der Waals surface area (Å²) in [5.41, 5.74) is 4.61. The Hall–Kier alpha value is -2.88. The number of benzene rings is 2. The van der Waals surface area contributed by atoms with Crippen LogP contribution < -0.4 is 5.01 Å². The van der Waals surface area contributed by atoms with Crippen molar-refractivity contribution in [3.05, 3.63) is 66.7 Å². The number of anilines is 1. The molecule has 1 aliphatic rings. The minimum atomic E-state index is 0.252. The summed E-state index contributed by atoms with van der Waals surface area (Å²) in [6.45, 7) is 6.83. The van der Waals surface area contributed by atoms with Crippen molar-refractivity contribution < 1.29 is 9.68 Å². The number of hydrogen-bond acceptors (Lipinski definition) is 3. The van der Waals surface area contributed by atoms with Gasteiger partial charge in [0, 0.05) is 18.7 Å². The minimum Gasteiger partial charge on any atom is -0.508 e. The average molecular weight is 320 g/mol. The van der Waals surface area contributed by atoms with E-state index in [1.54, 1.807) is 17.1 Å². The number of nitrogens with zero attached hydrogens (tertiary/aromatic N) is 3. The molecule has 2 aromatic rings. The van der Waals surface area contributed by atoms with Crippen molar-refractivity contribution >= 4 is 23.3 Å². The first-order chi connectivity index (χ1) is 11.6. The molecule has 1 aliphatic heterocycles. The minimum absolute atomic E-state index is 0.252. The van der Waals surface area contributed by atoms with Crippen LogP contribution in [0.15, 0.2) is 66.3 Å². The molecule has 0 saturated heterocycles. The quantitative estimate of drug-likeness (QED) is 0.393.